The van der Waals surface area contributed by atoms with Crippen molar-refractivity contribution in [2.45, 2.75) is 0 Å². The van der Waals surface area contributed by atoms with Crippen LogP contribution in [0.1, 0.15) is 5.56 Å². The fraction of sp³-hybridized carbons (Fsp3) is 0. The molecule has 9 heteroatoms. The molecule has 112 valence electrons. The first-order valence-corrected chi connectivity index (χ1v) is 6.75. The molecule has 22 heavy (non-hydrogen) atoms. The molecular weight excluding hydrogens is 356 g/mol. The summed E-state index contributed by atoms with van der Waals surface area (Å²) in [4.78, 5) is 20.2. The Morgan fingerprint density at radius 1 is 1.09 bits per heavy atom. The molecule has 0 heterocycles. The average Bonchev–Trinajstić information content (AvgIpc) is 2.49. The summed E-state index contributed by atoms with van der Waals surface area (Å²) in [6.07, 6.45) is 1.48. The molecule has 0 atom stereocenters. The van der Waals surface area contributed by atoms with Crippen LogP contribution in [-0.2, 0) is 0 Å². The monoisotopic (exact) mass is 364 g/mol. The fourth-order valence-electron chi connectivity index (χ4n) is 1.63. The van der Waals surface area contributed by atoms with Gasteiger partial charge in [-0.05, 0) is 12.1 Å². The number of nitrogens with one attached hydrogen (secondary N) is 1. The zero-order chi connectivity index (χ0) is 16.1. The Balaban J connectivity index is 2.24. The van der Waals surface area contributed by atoms with E-state index in [9.17, 15) is 20.2 Å². The number of nitro groups is 2. The van der Waals surface area contributed by atoms with Gasteiger partial charge < -0.3 is 0 Å². The first-order chi connectivity index (χ1) is 10.5. The number of anilines is 1. The standard InChI is InChI=1S/C13H9BrN4O4/c14-11-4-2-1-3-9(11)8-15-16-12-6-5-10(17(19)20)7-13(12)18(21)22/h1-8,16H. The minimum Gasteiger partial charge on any atom is -0.272 e. The summed E-state index contributed by atoms with van der Waals surface area (Å²) in [6, 6.07) is 10.6. The lowest BCUT2D eigenvalue weighted by molar-refractivity contribution is -0.393. The number of halogens is 1. The van der Waals surface area contributed by atoms with Gasteiger partial charge in [0.1, 0.15) is 5.69 Å². The van der Waals surface area contributed by atoms with E-state index in [0.29, 0.717) is 0 Å². The molecule has 0 bridgehead atoms. The highest BCUT2D eigenvalue weighted by Gasteiger charge is 2.18. The van der Waals surface area contributed by atoms with E-state index in [1.54, 1.807) is 6.07 Å². The predicted molar refractivity (Wildman–Crippen MR) is 85.1 cm³/mol. The second-order valence-corrected chi connectivity index (χ2v) is 4.96. The largest absolute Gasteiger partial charge is 0.301 e. The molecule has 2 rings (SSSR count). The van der Waals surface area contributed by atoms with Crippen LogP contribution in [0.2, 0.25) is 0 Å². The molecule has 0 aromatic heterocycles. The molecule has 0 aliphatic heterocycles. The SMILES string of the molecule is O=[N+]([O-])c1ccc(NN=Cc2ccccc2Br)c([N+](=O)[O-])c1. The van der Waals surface area contributed by atoms with Crippen LogP contribution < -0.4 is 5.43 Å². The van der Waals surface area contributed by atoms with Gasteiger partial charge in [0.15, 0.2) is 0 Å². The molecule has 0 saturated carbocycles. The van der Waals surface area contributed by atoms with Gasteiger partial charge in [-0.3, -0.25) is 25.7 Å². The molecule has 0 aliphatic carbocycles. The minimum absolute atomic E-state index is 0.0684. The van der Waals surface area contributed by atoms with Crippen molar-refractivity contribution in [2.24, 2.45) is 5.10 Å². The van der Waals surface area contributed by atoms with Crippen molar-refractivity contribution in [2.75, 3.05) is 5.43 Å². The summed E-state index contributed by atoms with van der Waals surface area (Å²) in [7, 11) is 0. The molecular formula is C13H9BrN4O4. The maximum Gasteiger partial charge on any atom is 0.301 e. The average molecular weight is 365 g/mol. The zero-order valence-electron chi connectivity index (χ0n) is 11.0. The summed E-state index contributed by atoms with van der Waals surface area (Å²) in [5, 5.41) is 25.5. The second kappa shape index (κ2) is 6.76. The van der Waals surface area contributed by atoms with E-state index in [2.05, 4.69) is 26.5 Å². The second-order valence-electron chi connectivity index (χ2n) is 4.11. The van der Waals surface area contributed by atoms with Crippen LogP contribution in [0.4, 0.5) is 17.1 Å². The number of rotatable bonds is 5. The van der Waals surface area contributed by atoms with Crippen LogP contribution in [-0.4, -0.2) is 16.1 Å². The number of hydrogen-bond donors (Lipinski definition) is 1. The molecule has 1 N–H and O–H groups in total. The van der Waals surface area contributed by atoms with Gasteiger partial charge in [0.25, 0.3) is 5.69 Å². The fourth-order valence-corrected chi connectivity index (χ4v) is 2.02. The topological polar surface area (TPSA) is 111 Å². The number of hydrogen-bond acceptors (Lipinski definition) is 6. The smallest absolute Gasteiger partial charge is 0.272 e. The lowest BCUT2D eigenvalue weighted by Gasteiger charge is -2.02. The van der Waals surface area contributed by atoms with E-state index in [1.165, 1.54) is 18.3 Å². The molecule has 2 aromatic carbocycles. The van der Waals surface area contributed by atoms with Gasteiger partial charge in [-0.1, -0.05) is 34.1 Å². The van der Waals surface area contributed by atoms with Crippen molar-refractivity contribution in [3.8, 4) is 0 Å². The molecule has 0 spiro atoms. The van der Waals surface area contributed by atoms with E-state index < -0.39 is 15.5 Å². The van der Waals surface area contributed by atoms with Crippen LogP contribution in [0.3, 0.4) is 0 Å². The van der Waals surface area contributed by atoms with Gasteiger partial charge in [0, 0.05) is 16.1 Å². The molecule has 2 aromatic rings. The molecule has 0 saturated heterocycles. The molecule has 0 unspecified atom stereocenters. The highest BCUT2D eigenvalue weighted by molar-refractivity contribution is 9.10. The van der Waals surface area contributed by atoms with Crippen molar-refractivity contribution in [3.05, 3.63) is 72.7 Å². The third-order valence-electron chi connectivity index (χ3n) is 2.68. The van der Waals surface area contributed by atoms with Crippen molar-refractivity contribution >= 4 is 39.2 Å². The summed E-state index contributed by atoms with van der Waals surface area (Å²) in [6.45, 7) is 0. The van der Waals surface area contributed by atoms with Crippen LogP contribution in [0.25, 0.3) is 0 Å². The van der Waals surface area contributed by atoms with Gasteiger partial charge in [0.05, 0.1) is 22.1 Å². The number of hydrazone groups is 1. The highest BCUT2D eigenvalue weighted by Crippen LogP contribution is 2.28. The summed E-state index contributed by atoms with van der Waals surface area (Å²) in [5.74, 6) is 0. The quantitative estimate of drug-likeness (QED) is 0.493. The van der Waals surface area contributed by atoms with Crippen LogP contribution in [0.15, 0.2) is 52.0 Å². The van der Waals surface area contributed by atoms with Crippen molar-refractivity contribution in [3.63, 3.8) is 0 Å². The van der Waals surface area contributed by atoms with Crippen LogP contribution in [0, 0.1) is 20.2 Å². The molecule has 0 aliphatic rings. The molecule has 0 radical (unpaired) electrons. The van der Waals surface area contributed by atoms with Gasteiger partial charge in [-0.25, -0.2) is 0 Å². The normalized spacial score (nSPS) is 10.6. The van der Waals surface area contributed by atoms with E-state index >= 15 is 0 Å². The first-order valence-electron chi connectivity index (χ1n) is 5.95. The van der Waals surface area contributed by atoms with Crippen molar-refractivity contribution in [1.82, 2.24) is 0 Å². The van der Waals surface area contributed by atoms with Crippen LogP contribution in [0.5, 0.6) is 0 Å². The Morgan fingerprint density at radius 2 is 1.82 bits per heavy atom. The van der Waals surface area contributed by atoms with Gasteiger partial charge in [-0.2, -0.15) is 5.10 Å². The number of nitrogens with zero attached hydrogens (tertiary/aromatic N) is 3. The number of non-ortho nitro benzene ring substituents is 1. The van der Waals surface area contributed by atoms with E-state index in [4.69, 9.17) is 0 Å². The van der Waals surface area contributed by atoms with Crippen LogP contribution >= 0.6 is 15.9 Å². The number of nitro benzene ring substituents is 2. The van der Waals surface area contributed by atoms with Gasteiger partial charge >= 0.3 is 5.69 Å². The Morgan fingerprint density at radius 3 is 2.45 bits per heavy atom. The molecule has 0 amide bonds. The summed E-state index contributed by atoms with van der Waals surface area (Å²) >= 11 is 3.34. The lowest BCUT2D eigenvalue weighted by Crippen LogP contribution is -1.98. The Kier molecular flexibility index (Phi) is 4.79. The maximum absolute atomic E-state index is 11.0. The van der Waals surface area contributed by atoms with Gasteiger partial charge in [0.2, 0.25) is 0 Å². The Bertz CT molecular complexity index is 763. The Labute approximate surface area is 132 Å². The van der Waals surface area contributed by atoms with Crippen molar-refractivity contribution in [1.29, 1.82) is 0 Å². The van der Waals surface area contributed by atoms with Gasteiger partial charge in [-0.15, -0.1) is 0 Å². The Hall–Kier alpha value is -2.81. The highest BCUT2D eigenvalue weighted by atomic mass is 79.9. The third-order valence-corrected chi connectivity index (χ3v) is 3.40. The predicted octanol–water partition coefficient (Wildman–Crippen LogP) is 3.71. The van der Waals surface area contributed by atoms with E-state index in [0.717, 1.165) is 16.1 Å². The lowest BCUT2D eigenvalue weighted by atomic mass is 10.2. The number of benzene rings is 2. The maximum atomic E-state index is 11.0. The molecule has 8 nitrogen and oxygen atoms in total. The third kappa shape index (κ3) is 3.64. The van der Waals surface area contributed by atoms with Crippen molar-refractivity contribution < 1.29 is 9.85 Å². The first kappa shape index (κ1) is 15.6. The van der Waals surface area contributed by atoms with E-state index in [1.807, 2.05) is 18.2 Å². The summed E-state index contributed by atoms with van der Waals surface area (Å²) < 4.78 is 0.818. The molecule has 0 fully saturated rings. The summed E-state index contributed by atoms with van der Waals surface area (Å²) in [5.41, 5.74) is 2.59. The minimum atomic E-state index is -0.705. The zero-order valence-corrected chi connectivity index (χ0v) is 12.6. The van der Waals surface area contributed by atoms with E-state index in [-0.39, 0.29) is 11.4 Å².